The van der Waals surface area contributed by atoms with E-state index in [9.17, 15) is 0 Å². The molecule has 2 aliphatic rings. The van der Waals surface area contributed by atoms with Crippen LogP contribution in [0.25, 0.3) is 0 Å². The predicted molar refractivity (Wildman–Crippen MR) is 71.6 cm³/mol. The lowest BCUT2D eigenvalue weighted by atomic mass is 10.2. The van der Waals surface area contributed by atoms with E-state index in [4.69, 9.17) is 13.3 Å². The number of nitrogens with one attached hydrogen (secondary N) is 1. The second-order valence-electron chi connectivity index (χ2n) is 3.75. The van der Waals surface area contributed by atoms with Gasteiger partial charge in [-0.05, 0) is 18.2 Å². The van der Waals surface area contributed by atoms with Crippen molar-refractivity contribution in [1.29, 1.82) is 0 Å². The number of hydrogen-bond donors (Lipinski definition) is 1. The summed E-state index contributed by atoms with van der Waals surface area (Å²) in [6.07, 6.45) is 1.03. The Morgan fingerprint density at radius 3 is 1.65 bits per heavy atom. The average Bonchev–Trinajstić information content (AvgIpc) is 2.37. The summed E-state index contributed by atoms with van der Waals surface area (Å²) in [7, 11) is 2.68. The van der Waals surface area contributed by atoms with Crippen LogP contribution in [0.1, 0.15) is 13.3 Å². The number of anilines is 2. The first kappa shape index (κ1) is 14.2. The lowest BCUT2D eigenvalue weighted by Gasteiger charge is -2.23. The van der Waals surface area contributed by atoms with Gasteiger partial charge in [-0.15, -0.1) is 0 Å². The van der Waals surface area contributed by atoms with Gasteiger partial charge in [-0.25, -0.2) is 0 Å². The smallest absolute Gasteiger partial charge is 0.377 e. The molecule has 0 atom stereocenters. The van der Waals surface area contributed by atoms with Crippen LogP contribution in [-0.4, -0.2) is 30.1 Å². The van der Waals surface area contributed by atoms with E-state index in [1.54, 1.807) is 21.3 Å². The Bertz CT molecular complexity index is 309. The largest absolute Gasteiger partial charge is 0.500 e. The number of fused-ring (bicyclic) bond motifs is 2. The highest BCUT2D eigenvalue weighted by atomic mass is 28.4. The van der Waals surface area contributed by atoms with Crippen molar-refractivity contribution in [3.63, 3.8) is 0 Å². The molecule has 2 heterocycles. The van der Waals surface area contributed by atoms with Crippen molar-refractivity contribution in [2.75, 3.05) is 26.6 Å². The molecule has 0 aliphatic carbocycles. The van der Waals surface area contributed by atoms with Crippen LogP contribution >= 0.6 is 0 Å². The first-order valence-corrected chi connectivity index (χ1v) is 7.65. The van der Waals surface area contributed by atoms with Crippen LogP contribution in [0, 0.1) is 0 Å². The SMILES string of the molecule is CCC[Si](OC)(OC)OC.c1cc2cc(c1)N2. The van der Waals surface area contributed by atoms with Crippen LogP contribution in [0.4, 0.5) is 11.4 Å². The Labute approximate surface area is 104 Å². The summed E-state index contributed by atoms with van der Waals surface area (Å²) in [5.74, 6) is 0. The van der Waals surface area contributed by atoms with Crippen molar-refractivity contribution in [3.05, 3.63) is 24.3 Å². The zero-order valence-corrected chi connectivity index (χ0v) is 11.9. The summed E-state index contributed by atoms with van der Waals surface area (Å²) in [6.45, 7) is 2.08. The van der Waals surface area contributed by atoms with Gasteiger partial charge in [0.05, 0.1) is 0 Å². The molecule has 2 aliphatic heterocycles. The third-order valence-corrected chi connectivity index (χ3v) is 5.62. The standard InChI is InChI=1S/C6H5N.C6H16O3Si/c1-2-5-4-6(3-1)7-5;1-5-6-10(7-2,8-3)9-4/h1-4,7H;5-6H2,1-4H3. The Hall–Kier alpha value is -0.883. The predicted octanol–water partition coefficient (Wildman–Crippen LogP) is 3.02. The highest BCUT2D eigenvalue weighted by Gasteiger charge is 2.36. The molecule has 0 amide bonds. The van der Waals surface area contributed by atoms with Crippen LogP contribution in [0.15, 0.2) is 24.3 Å². The maximum absolute atomic E-state index is 5.17. The molecule has 0 saturated heterocycles. The van der Waals surface area contributed by atoms with Crippen molar-refractivity contribution in [2.45, 2.75) is 19.4 Å². The fourth-order valence-corrected chi connectivity index (χ4v) is 3.35. The van der Waals surface area contributed by atoms with Crippen molar-refractivity contribution in [3.8, 4) is 0 Å². The molecule has 0 spiro atoms. The van der Waals surface area contributed by atoms with E-state index in [1.807, 2.05) is 18.2 Å². The maximum atomic E-state index is 5.17. The van der Waals surface area contributed by atoms with E-state index in [0.717, 1.165) is 12.5 Å². The zero-order chi connectivity index (χ0) is 12.7. The van der Waals surface area contributed by atoms with Gasteiger partial charge in [-0.1, -0.05) is 19.4 Å². The van der Waals surface area contributed by atoms with Gasteiger partial charge in [-0.2, -0.15) is 0 Å². The summed E-state index contributed by atoms with van der Waals surface area (Å²) in [5.41, 5.74) is 2.47. The highest BCUT2D eigenvalue weighted by Crippen LogP contribution is 2.27. The minimum Gasteiger partial charge on any atom is -0.377 e. The molecule has 17 heavy (non-hydrogen) atoms. The summed E-state index contributed by atoms with van der Waals surface area (Å²) in [6, 6.07) is 9.14. The highest BCUT2D eigenvalue weighted by molar-refractivity contribution is 6.60. The Morgan fingerprint density at radius 2 is 1.53 bits per heavy atom. The van der Waals surface area contributed by atoms with Crippen molar-refractivity contribution in [1.82, 2.24) is 0 Å². The van der Waals surface area contributed by atoms with Gasteiger partial charge >= 0.3 is 8.80 Å². The summed E-state index contributed by atoms with van der Waals surface area (Å²) >= 11 is 0. The van der Waals surface area contributed by atoms with E-state index in [-0.39, 0.29) is 0 Å². The maximum Gasteiger partial charge on any atom is 0.500 e. The van der Waals surface area contributed by atoms with Crippen LogP contribution in [0.2, 0.25) is 6.04 Å². The molecule has 0 radical (unpaired) electrons. The van der Waals surface area contributed by atoms with E-state index in [0.29, 0.717) is 0 Å². The summed E-state index contributed by atoms with van der Waals surface area (Å²) < 4.78 is 15.5. The minimum atomic E-state index is -2.22. The Kier molecular flexibility index (Phi) is 5.63. The monoisotopic (exact) mass is 255 g/mol. The lowest BCUT2D eigenvalue weighted by molar-refractivity contribution is 0.123. The molecule has 1 aromatic rings. The Balaban J connectivity index is 0.000000177. The number of benzene rings is 1. The molecule has 96 valence electrons. The van der Waals surface area contributed by atoms with Gasteiger partial charge in [0.2, 0.25) is 0 Å². The molecular formula is C12H21NO3Si. The molecule has 0 saturated carbocycles. The second-order valence-corrected chi connectivity index (χ2v) is 6.84. The quantitative estimate of drug-likeness (QED) is 0.834. The first-order chi connectivity index (χ1) is 8.19. The first-order valence-electron chi connectivity index (χ1n) is 5.72. The fraction of sp³-hybridized carbons (Fsp3) is 0.500. The molecule has 0 unspecified atom stereocenters. The summed E-state index contributed by atoms with van der Waals surface area (Å²) in [4.78, 5) is 0. The minimum absolute atomic E-state index is 0.885. The molecule has 1 N–H and O–H groups in total. The van der Waals surface area contributed by atoms with Crippen molar-refractivity contribution in [2.24, 2.45) is 0 Å². The van der Waals surface area contributed by atoms with Crippen LogP contribution in [-0.2, 0) is 13.3 Å². The van der Waals surface area contributed by atoms with Gasteiger partial charge < -0.3 is 18.6 Å². The molecule has 5 heteroatoms. The van der Waals surface area contributed by atoms with Gasteiger partial charge in [0, 0.05) is 38.7 Å². The lowest BCUT2D eigenvalue weighted by Crippen LogP contribution is -2.42. The van der Waals surface area contributed by atoms with Crippen LogP contribution in [0.5, 0.6) is 0 Å². The van der Waals surface area contributed by atoms with Crippen molar-refractivity contribution >= 4 is 20.2 Å². The topological polar surface area (TPSA) is 39.7 Å². The van der Waals surface area contributed by atoms with Crippen LogP contribution < -0.4 is 5.32 Å². The van der Waals surface area contributed by atoms with Gasteiger partial charge in [0.15, 0.2) is 0 Å². The fourth-order valence-electron chi connectivity index (χ4n) is 1.63. The Morgan fingerprint density at radius 1 is 1.06 bits per heavy atom. The van der Waals surface area contributed by atoms with Gasteiger partial charge in [-0.3, -0.25) is 0 Å². The number of rotatable bonds is 5. The third kappa shape index (κ3) is 3.81. The third-order valence-electron chi connectivity index (χ3n) is 2.64. The molecular weight excluding hydrogens is 234 g/mol. The van der Waals surface area contributed by atoms with Crippen LogP contribution in [0.3, 0.4) is 0 Å². The van der Waals surface area contributed by atoms with E-state index >= 15 is 0 Å². The van der Waals surface area contributed by atoms with Gasteiger partial charge in [0.25, 0.3) is 0 Å². The van der Waals surface area contributed by atoms with Gasteiger partial charge in [0.1, 0.15) is 0 Å². The van der Waals surface area contributed by atoms with E-state index in [2.05, 4.69) is 18.3 Å². The summed E-state index contributed by atoms with van der Waals surface area (Å²) in [5, 5.41) is 3.11. The second kappa shape index (κ2) is 6.76. The molecule has 2 bridgehead atoms. The van der Waals surface area contributed by atoms with Crippen molar-refractivity contribution < 1.29 is 13.3 Å². The molecule has 4 nitrogen and oxygen atoms in total. The molecule has 0 fully saturated rings. The van der Waals surface area contributed by atoms with E-state index in [1.165, 1.54) is 11.4 Å². The molecule has 1 aromatic carbocycles. The zero-order valence-electron chi connectivity index (χ0n) is 10.9. The average molecular weight is 255 g/mol. The number of hydrogen-bond acceptors (Lipinski definition) is 4. The molecule has 3 rings (SSSR count). The normalized spacial score (nSPS) is 12.0. The van der Waals surface area contributed by atoms with E-state index < -0.39 is 8.80 Å². The molecule has 0 aromatic heterocycles.